The normalized spacial score (nSPS) is 11.2. The summed E-state index contributed by atoms with van der Waals surface area (Å²) in [6, 6.07) is 18.7. The van der Waals surface area contributed by atoms with E-state index in [1.165, 1.54) is 39.7 Å². The number of rotatable bonds is 11. The summed E-state index contributed by atoms with van der Waals surface area (Å²) >= 11 is 0. The Balaban J connectivity index is 1.60. The average Bonchev–Trinajstić information content (AvgIpc) is 2.92. The molecule has 0 aliphatic rings. The molecule has 39 heavy (non-hydrogen) atoms. The first-order chi connectivity index (χ1) is 18.8. The molecule has 0 radical (unpaired) electrons. The lowest BCUT2D eigenvalue weighted by Gasteiger charge is -2.12. The van der Waals surface area contributed by atoms with Crippen molar-refractivity contribution >= 4 is 45.5 Å². The van der Waals surface area contributed by atoms with Crippen LogP contribution in [0, 0.1) is 0 Å². The fourth-order valence-corrected chi connectivity index (χ4v) is 3.90. The molecule has 14 heteroatoms. The highest BCUT2D eigenvalue weighted by Gasteiger charge is 2.13. The number of hydrogen-bond acceptors (Lipinski definition) is 12. The van der Waals surface area contributed by atoms with Gasteiger partial charge in [-0.1, -0.05) is 18.2 Å². The molecule has 0 unspecified atom stereocenters. The first-order valence-corrected chi connectivity index (χ1v) is 12.9. The molecule has 202 valence electrons. The molecule has 0 aliphatic heterocycles. The molecule has 0 atom stereocenters. The molecule has 3 aromatic carbocycles. The first kappa shape index (κ1) is 27.1. The minimum Gasteiger partial charge on any atom is -0.493 e. The third-order valence-electron chi connectivity index (χ3n) is 5.17. The van der Waals surface area contributed by atoms with Gasteiger partial charge in [0.1, 0.15) is 0 Å². The van der Waals surface area contributed by atoms with Crippen LogP contribution >= 0.6 is 0 Å². The predicted octanol–water partition coefficient (Wildman–Crippen LogP) is 3.48. The van der Waals surface area contributed by atoms with Gasteiger partial charge in [-0.05, 0) is 48.5 Å². The SMILES string of the molecule is COc1cc(/C=N/Nc2nc(Nc3ccccc3)nc(Nc3ccc(S(N)(=O)=O)cc3)n2)cc(OC)c1OC. The Morgan fingerprint density at radius 1 is 0.769 bits per heavy atom. The second-order valence-corrected chi connectivity index (χ2v) is 9.38. The Morgan fingerprint density at radius 3 is 1.82 bits per heavy atom. The van der Waals surface area contributed by atoms with E-state index in [1.54, 1.807) is 24.3 Å². The smallest absolute Gasteiger partial charge is 0.250 e. The number of para-hydroxylation sites is 1. The van der Waals surface area contributed by atoms with Crippen molar-refractivity contribution in [2.24, 2.45) is 10.2 Å². The Hall–Kier alpha value is -4.95. The van der Waals surface area contributed by atoms with E-state index in [1.807, 2.05) is 30.3 Å². The molecule has 0 spiro atoms. The van der Waals surface area contributed by atoms with Gasteiger partial charge in [0.15, 0.2) is 11.5 Å². The van der Waals surface area contributed by atoms with Crippen LogP contribution in [0.2, 0.25) is 0 Å². The molecule has 0 bridgehead atoms. The first-order valence-electron chi connectivity index (χ1n) is 11.4. The fourth-order valence-electron chi connectivity index (χ4n) is 3.39. The van der Waals surface area contributed by atoms with Crippen LogP contribution in [0.4, 0.5) is 29.2 Å². The Labute approximate surface area is 225 Å². The number of sulfonamides is 1. The summed E-state index contributed by atoms with van der Waals surface area (Å²) < 4.78 is 39.2. The van der Waals surface area contributed by atoms with E-state index in [0.717, 1.165) is 5.69 Å². The van der Waals surface area contributed by atoms with E-state index in [4.69, 9.17) is 19.3 Å². The molecule has 4 aromatic rings. The van der Waals surface area contributed by atoms with E-state index >= 15 is 0 Å². The third kappa shape index (κ3) is 7.09. The maximum atomic E-state index is 11.5. The molecule has 5 N–H and O–H groups in total. The molecule has 4 rings (SSSR count). The topological polar surface area (TPSA) is 175 Å². The van der Waals surface area contributed by atoms with Gasteiger partial charge < -0.3 is 24.8 Å². The number of nitrogens with two attached hydrogens (primary N) is 1. The predicted molar refractivity (Wildman–Crippen MR) is 148 cm³/mol. The van der Waals surface area contributed by atoms with Crippen molar-refractivity contribution in [3.63, 3.8) is 0 Å². The number of methoxy groups -OCH3 is 3. The van der Waals surface area contributed by atoms with Crippen molar-refractivity contribution in [1.29, 1.82) is 0 Å². The van der Waals surface area contributed by atoms with Crippen molar-refractivity contribution in [2.75, 3.05) is 37.4 Å². The number of anilines is 5. The van der Waals surface area contributed by atoms with Gasteiger partial charge in [0.25, 0.3) is 0 Å². The standard InChI is InChI=1S/C25H26N8O5S/c1-36-20-13-16(14-21(37-2)22(20)38-3)15-27-33-25-31-23(28-17-7-5-4-6-8-17)30-24(32-25)29-18-9-11-19(12-10-18)39(26,34)35/h4-15H,1-3H3,(H2,26,34,35)(H3,28,29,30,31,32,33)/b27-15+. The highest BCUT2D eigenvalue weighted by Crippen LogP contribution is 2.37. The van der Waals surface area contributed by atoms with E-state index in [9.17, 15) is 8.42 Å². The lowest BCUT2D eigenvalue weighted by Crippen LogP contribution is -2.12. The maximum Gasteiger partial charge on any atom is 0.250 e. The van der Waals surface area contributed by atoms with Crippen molar-refractivity contribution in [2.45, 2.75) is 4.90 Å². The van der Waals surface area contributed by atoms with Gasteiger partial charge in [0, 0.05) is 16.9 Å². The van der Waals surface area contributed by atoms with E-state index in [-0.39, 0.29) is 22.7 Å². The van der Waals surface area contributed by atoms with Crippen LogP contribution < -0.4 is 35.4 Å². The summed E-state index contributed by atoms with van der Waals surface area (Å²) in [5, 5.41) is 15.6. The molecule has 0 aliphatic carbocycles. The van der Waals surface area contributed by atoms with Gasteiger partial charge >= 0.3 is 0 Å². The number of hydrazone groups is 1. The lowest BCUT2D eigenvalue weighted by atomic mass is 10.2. The molecule has 0 fully saturated rings. The summed E-state index contributed by atoms with van der Waals surface area (Å²) in [5.74, 6) is 1.98. The van der Waals surface area contributed by atoms with Crippen LogP contribution in [0.3, 0.4) is 0 Å². The maximum absolute atomic E-state index is 11.5. The van der Waals surface area contributed by atoms with E-state index in [2.05, 4.69) is 36.1 Å². The van der Waals surface area contributed by atoms with Crippen LogP contribution in [0.5, 0.6) is 17.2 Å². The van der Waals surface area contributed by atoms with Crippen molar-refractivity contribution in [3.05, 3.63) is 72.3 Å². The average molecular weight is 551 g/mol. The quantitative estimate of drug-likeness (QED) is 0.159. The van der Waals surface area contributed by atoms with Gasteiger partial charge in [-0.25, -0.2) is 19.0 Å². The minimum absolute atomic E-state index is 0.0152. The molecule has 1 aromatic heterocycles. The van der Waals surface area contributed by atoms with Crippen molar-refractivity contribution < 1.29 is 22.6 Å². The molecule has 1 heterocycles. The number of nitrogens with zero attached hydrogens (tertiary/aromatic N) is 4. The van der Waals surface area contributed by atoms with Gasteiger partial charge in [-0.2, -0.15) is 20.1 Å². The largest absolute Gasteiger partial charge is 0.493 e. The fraction of sp³-hybridized carbons (Fsp3) is 0.120. The zero-order valence-electron chi connectivity index (χ0n) is 21.2. The van der Waals surface area contributed by atoms with Crippen LogP contribution in [-0.2, 0) is 10.0 Å². The number of benzene rings is 3. The van der Waals surface area contributed by atoms with Gasteiger partial charge in [0.05, 0.1) is 32.4 Å². The highest BCUT2D eigenvalue weighted by atomic mass is 32.2. The van der Waals surface area contributed by atoms with E-state index < -0.39 is 10.0 Å². The number of hydrogen-bond donors (Lipinski definition) is 4. The summed E-state index contributed by atoms with van der Waals surface area (Å²) in [7, 11) is 0.766. The summed E-state index contributed by atoms with van der Waals surface area (Å²) in [6.07, 6.45) is 1.54. The molecule has 13 nitrogen and oxygen atoms in total. The number of nitrogens with one attached hydrogen (secondary N) is 3. The number of aromatic nitrogens is 3. The second kappa shape index (κ2) is 12.1. The van der Waals surface area contributed by atoms with Gasteiger partial charge in [-0.15, -0.1) is 0 Å². The van der Waals surface area contributed by atoms with Crippen LogP contribution in [0.25, 0.3) is 0 Å². The van der Waals surface area contributed by atoms with Gasteiger partial charge in [0.2, 0.25) is 33.6 Å². The van der Waals surface area contributed by atoms with Crippen molar-refractivity contribution in [1.82, 2.24) is 15.0 Å². The third-order valence-corrected chi connectivity index (χ3v) is 6.10. The van der Waals surface area contributed by atoms with Crippen LogP contribution in [0.15, 0.2) is 76.7 Å². The number of primary sulfonamides is 1. The monoisotopic (exact) mass is 550 g/mol. The van der Waals surface area contributed by atoms with Crippen LogP contribution in [0.1, 0.15) is 5.56 Å². The Morgan fingerprint density at radius 2 is 1.31 bits per heavy atom. The molecular weight excluding hydrogens is 524 g/mol. The highest BCUT2D eigenvalue weighted by molar-refractivity contribution is 7.89. The second-order valence-electron chi connectivity index (χ2n) is 7.82. The number of ether oxygens (including phenoxy) is 3. The molecular formula is C25H26N8O5S. The van der Waals surface area contributed by atoms with Gasteiger partial charge in [-0.3, -0.25) is 0 Å². The molecule has 0 saturated heterocycles. The zero-order valence-corrected chi connectivity index (χ0v) is 22.1. The Bertz CT molecular complexity index is 1540. The van der Waals surface area contributed by atoms with E-state index in [0.29, 0.717) is 28.5 Å². The summed E-state index contributed by atoms with van der Waals surface area (Å²) in [6.45, 7) is 0. The summed E-state index contributed by atoms with van der Waals surface area (Å²) in [5.41, 5.74) is 4.76. The minimum atomic E-state index is -3.81. The zero-order chi connectivity index (χ0) is 27.8. The molecule has 0 amide bonds. The van der Waals surface area contributed by atoms with Crippen molar-refractivity contribution in [3.8, 4) is 17.2 Å². The Kier molecular flexibility index (Phi) is 8.38. The van der Waals surface area contributed by atoms with Crippen LogP contribution in [-0.4, -0.2) is 50.9 Å². The summed E-state index contributed by atoms with van der Waals surface area (Å²) in [4.78, 5) is 13.1. The lowest BCUT2D eigenvalue weighted by molar-refractivity contribution is 0.324. The molecule has 0 saturated carbocycles.